The average molecular weight is 478 g/mol. The van der Waals surface area contributed by atoms with Gasteiger partial charge in [0.05, 0.1) is 12.3 Å². The summed E-state index contributed by atoms with van der Waals surface area (Å²) in [5.41, 5.74) is 3.11. The highest BCUT2D eigenvalue weighted by molar-refractivity contribution is 7.88. The Kier molecular flexibility index (Phi) is 8.11. The van der Waals surface area contributed by atoms with Gasteiger partial charge >= 0.3 is 0 Å². The smallest absolute Gasteiger partial charge is 0.236 e. The summed E-state index contributed by atoms with van der Waals surface area (Å²) in [5.74, 6) is -0.0178. The second kappa shape index (κ2) is 11.4. The zero-order chi connectivity index (χ0) is 23.8. The quantitative estimate of drug-likeness (QED) is 0.514. The molecule has 7 heteroatoms. The van der Waals surface area contributed by atoms with Crippen LogP contribution >= 0.6 is 0 Å². The third-order valence-corrected chi connectivity index (χ3v) is 8.01. The molecule has 1 saturated heterocycles. The van der Waals surface area contributed by atoms with Crippen molar-refractivity contribution in [3.63, 3.8) is 0 Å². The summed E-state index contributed by atoms with van der Waals surface area (Å²) in [4.78, 5) is 14.7. The van der Waals surface area contributed by atoms with Gasteiger partial charge in [-0.2, -0.15) is 4.31 Å². The van der Waals surface area contributed by atoms with Crippen LogP contribution in [0.5, 0.6) is 0 Å². The van der Waals surface area contributed by atoms with Crippen LogP contribution in [0.2, 0.25) is 0 Å². The van der Waals surface area contributed by atoms with Crippen LogP contribution in [0.3, 0.4) is 0 Å². The van der Waals surface area contributed by atoms with Crippen LogP contribution in [0.15, 0.2) is 91.0 Å². The Morgan fingerprint density at radius 1 is 0.765 bits per heavy atom. The summed E-state index contributed by atoms with van der Waals surface area (Å²) in [6, 6.07) is 29.6. The highest BCUT2D eigenvalue weighted by Gasteiger charge is 2.29. The number of carbonyl (C=O) groups excluding carboxylic acids is 1. The molecule has 0 aliphatic carbocycles. The molecule has 0 bridgehead atoms. The molecule has 1 heterocycles. The van der Waals surface area contributed by atoms with Gasteiger partial charge in [-0.05, 0) is 23.1 Å². The first-order chi connectivity index (χ1) is 16.5. The van der Waals surface area contributed by atoms with Gasteiger partial charge in [-0.15, -0.1) is 0 Å². The zero-order valence-corrected chi connectivity index (χ0v) is 20.0. The molecule has 178 valence electrons. The predicted molar refractivity (Wildman–Crippen MR) is 135 cm³/mol. The van der Waals surface area contributed by atoms with Gasteiger partial charge in [-0.1, -0.05) is 91.0 Å². The molecule has 34 heavy (non-hydrogen) atoms. The number of carbonyl (C=O) groups is 1. The lowest BCUT2D eigenvalue weighted by atomic mass is 9.99. The molecule has 0 saturated carbocycles. The fourth-order valence-electron chi connectivity index (χ4n) is 4.26. The van der Waals surface area contributed by atoms with Crippen molar-refractivity contribution in [1.82, 2.24) is 14.5 Å². The lowest BCUT2D eigenvalue weighted by Gasteiger charge is -2.34. The zero-order valence-electron chi connectivity index (χ0n) is 19.2. The first kappa shape index (κ1) is 24.1. The summed E-state index contributed by atoms with van der Waals surface area (Å²) >= 11 is 0. The normalized spacial score (nSPS) is 15.7. The van der Waals surface area contributed by atoms with Crippen molar-refractivity contribution in [2.24, 2.45) is 0 Å². The maximum Gasteiger partial charge on any atom is 0.236 e. The third-order valence-electron chi connectivity index (χ3n) is 6.16. The molecule has 1 aliphatic heterocycles. The van der Waals surface area contributed by atoms with Gasteiger partial charge in [0.15, 0.2) is 0 Å². The molecule has 3 aromatic carbocycles. The number of rotatable bonds is 9. The maximum absolute atomic E-state index is 12.9. The molecular weight excluding hydrogens is 446 g/mol. The average Bonchev–Trinajstić information content (AvgIpc) is 2.88. The Bertz CT molecular complexity index is 1150. The van der Waals surface area contributed by atoms with Crippen LogP contribution in [0.25, 0.3) is 0 Å². The van der Waals surface area contributed by atoms with Gasteiger partial charge in [0.2, 0.25) is 15.9 Å². The molecular formula is C27H31N3O3S. The number of amides is 1. The van der Waals surface area contributed by atoms with Crippen LogP contribution in [-0.2, 0) is 27.0 Å². The summed E-state index contributed by atoms with van der Waals surface area (Å²) in [5, 5.41) is 3.43. The van der Waals surface area contributed by atoms with Crippen LogP contribution in [0.1, 0.15) is 22.7 Å². The summed E-state index contributed by atoms with van der Waals surface area (Å²) < 4.78 is 27.1. The molecule has 1 fully saturated rings. The summed E-state index contributed by atoms with van der Waals surface area (Å²) in [6.07, 6.45) is 0.781. The van der Waals surface area contributed by atoms with E-state index in [-0.39, 0.29) is 24.2 Å². The second-order valence-corrected chi connectivity index (χ2v) is 10.5. The maximum atomic E-state index is 12.9. The Morgan fingerprint density at radius 2 is 1.29 bits per heavy atom. The van der Waals surface area contributed by atoms with Crippen molar-refractivity contribution in [2.45, 2.75) is 18.2 Å². The second-order valence-electron chi connectivity index (χ2n) is 8.56. The Morgan fingerprint density at radius 3 is 1.88 bits per heavy atom. The van der Waals surface area contributed by atoms with Crippen molar-refractivity contribution in [2.75, 3.05) is 32.7 Å². The molecule has 1 N–H and O–H groups in total. The molecule has 1 amide bonds. The van der Waals surface area contributed by atoms with Crippen molar-refractivity contribution < 1.29 is 13.2 Å². The number of sulfonamides is 1. The standard InChI is InChI=1S/C27H31N3O3S/c31-27(21-28-26(25-14-8-3-9-15-25)20-23-10-4-1-5-11-23)29-16-18-30(19-17-29)34(32,33)22-24-12-6-2-7-13-24/h1-15,26,28H,16-22H2. The van der Waals surface area contributed by atoms with Crippen LogP contribution in [-0.4, -0.2) is 56.3 Å². The first-order valence-corrected chi connectivity index (χ1v) is 13.2. The third kappa shape index (κ3) is 6.53. The number of benzene rings is 3. The fraction of sp³-hybridized carbons (Fsp3) is 0.296. The Labute approximate surface area is 202 Å². The van der Waals surface area contributed by atoms with E-state index in [1.54, 1.807) is 4.90 Å². The van der Waals surface area contributed by atoms with E-state index in [1.807, 2.05) is 66.7 Å². The van der Waals surface area contributed by atoms with E-state index >= 15 is 0 Å². The van der Waals surface area contributed by atoms with Gasteiger partial charge < -0.3 is 10.2 Å². The van der Waals surface area contributed by atoms with Crippen molar-refractivity contribution in [1.29, 1.82) is 0 Å². The first-order valence-electron chi connectivity index (χ1n) is 11.6. The lowest BCUT2D eigenvalue weighted by molar-refractivity contribution is -0.131. The van der Waals surface area contributed by atoms with E-state index < -0.39 is 10.0 Å². The molecule has 4 rings (SSSR count). The van der Waals surface area contributed by atoms with E-state index in [0.29, 0.717) is 26.2 Å². The molecule has 3 aromatic rings. The summed E-state index contributed by atoms with van der Waals surface area (Å²) in [6.45, 7) is 1.68. The van der Waals surface area contributed by atoms with Crippen LogP contribution in [0, 0.1) is 0 Å². The van der Waals surface area contributed by atoms with Gasteiger partial charge in [-0.3, -0.25) is 4.79 Å². The molecule has 0 radical (unpaired) electrons. The molecule has 6 nitrogen and oxygen atoms in total. The molecule has 1 atom stereocenters. The highest BCUT2D eigenvalue weighted by atomic mass is 32.2. The van der Waals surface area contributed by atoms with Crippen molar-refractivity contribution in [3.8, 4) is 0 Å². The number of hydrogen-bond acceptors (Lipinski definition) is 4. The largest absolute Gasteiger partial charge is 0.339 e. The molecule has 1 aliphatic rings. The number of nitrogens with zero attached hydrogens (tertiary/aromatic N) is 2. The minimum absolute atomic E-state index is 0.00546. The van der Waals surface area contributed by atoms with Gasteiger partial charge in [0.25, 0.3) is 0 Å². The van der Waals surface area contributed by atoms with Crippen LogP contribution < -0.4 is 5.32 Å². The van der Waals surface area contributed by atoms with E-state index in [2.05, 4.69) is 29.6 Å². The molecule has 0 aromatic heterocycles. The predicted octanol–water partition coefficient (Wildman–Crippen LogP) is 3.23. The van der Waals surface area contributed by atoms with Gasteiger partial charge in [0, 0.05) is 32.2 Å². The molecule has 0 spiro atoms. The minimum atomic E-state index is -3.40. The minimum Gasteiger partial charge on any atom is -0.339 e. The van der Waals surface area contributed by atoms with E-state index in [0.717, 1.165) is 17.5 Å². The van der Waals surface area contributed by atoms with Crippen molar-refractivity contribution >= 4 is 15.9 Å². The van der Waals surface area contributed by atoms with Gasteiger partial charge in [-0.25, -0.2) is 8.42 Å². The fourth-order valence-corrected chi connectivity index (χ4v) is 5.77. The van der Waals surface area contributed by atoms with E-state index in [4.69, 9.17) is 0 Å². The lowest BCUT2D eigenvalue weighted by Crippen LogP contribution is -2.52. The summed E-state index contributed by atoms with van der Waals surface area (Å²) in [7, 11) is -3.40. The number of nitrogens with one attached hydrogen (secondary N) is 1. The van der Waals surface area contributed by atoms with E-state index in [9.17, 15) is 13.2 Å². The van der Waals surface area contributed by atoms with Gasteiger partial charge in [0.1, 0.15) is 0 Å². The molecule has 1 unspecified atom stereocenters. The Balaban J connectivity index is 1.32. The SMILES string of the molecule is O=C(CNC(Cc1ccccc1)c1ccccc1)N1CCN(S(=O)(=O)Cc2ccccc2)CC1. The Hall–Kier alpha value is -3.00. The topological polar surface area (TPSA) is 69.7 Å². The number of piperazine rings is 1. The van der Waals surface area contributed by atoms with Crippen LogP contribution in [0.4, 0.5) is 0 Å². The monoisotopic (exact) mass is 477 g/mol. The van der Waals surface area contributed by atoms with Crippen molar-refractivity contribution in [3.05, 3.63) is 108 Å². The highest BCUT2D eigenvalue weighted by Crippen LogP contribution is 2.19. The van der Waals surface area contributed by atoms with E-state index in [1.165, 1.54) is 9.87 Å². The number of hydrogen-bond donors (Lipinski definition) is 1.